The van der Waals surface area contributed by atoms with Gasteiger partial charge >= 0.3 is 0 Å². The fourth-order valence-electron chi connectivity index (χ4n) is 2.14. The minimum atomic E-state index is 0.388. The van der Waals surface area contributed by atoms with E-state index >= 15 is 0 Å². The lowest BCUT2D eigenvalue weighted by Gasteiger charge is -2.13. The smallest absolute Gasteiger partial charge is 0.0898 e. The first-order chi connectivity index (χ1) is 8.79. The maximum absolute atomic E-state index is 4.56. The second-order valence-electron chi connectivity index (χ2n) is 4.51. The lowest BCUT2D eigenvalue weighted by Crippen LogP contribution is -2.16. The van der Waals surface area contributed by atoms with E-state index in [1.165, 1.54) is 17.7 Å². The molecule has 0 radical (unpaired) electrons. The van der Waals surface area contributed by atoms with Gasteiger partial charge in [-0.05, 0) is 38.8 Å². The predicted molar refractivity (Wildman–Crippen MR) is 78.0 cm³/mol. The molecule has 3 heteroatoms. The van der Waals surface area contributed by atoms with Crippen molar-refractivity contribution in [2.75, 3.05) is 7.05 Å². The van der Waals surface area contributed by atoms with E-state index in [2.05, 4.69) is 52.9 Å². The Labute approximate surface area is 113 Å². The van der Waals surface area contributed by atoms with Gasteiger partial charge in [0, 0.05) is 5.38 Å². The van der Waals surface area contributed by atoms with Gasteiger partial charge in [-0.3, -0.25) is 0 Å². The molecule has 0 aliphatic heterocycles. The molecule has 96 valence electrons. The summed E-state index contributed by atoms with van der Waals surface area (Å²) in [6, 6.07) is 11.1. The quantitative estimate of drug-likeness (QED) is 0.856. The molecule has 0 amide bonds. The molecule has 1 N–H and O–H groups in total. The van der Waals surface area contributed by atoms with E-state index in [-0.39, 0.29) is 0 Å². The van der Waals surface area contributed by atoms with Gasteiger partial charge in [-0.25, -0.2) is 4.98 Å². The summed E-state index contributed by atoms with van der Waals surface area (Å²) in [5, 5.41) is 6.67. The van der Waals surface area contributed by atoms with Crippen LogP contribution < -0.4 is 5.32 Å². The molecule has 1 heterocycles. The highest BCUT2D eigenvalue weighted by Gasteiger charge is 2.11. The van der Waals surface area contributed by atoms with Crippen LogP contribution in [0.3, 0.4) is 0 Å². The van der Waals surface area contributed by atoms with Crippen molar-refractivity contribution < 1.29 is 0 Å². The van der Waals surface area contributed by atoms with Crippen LogP contribution in [-0.4, -0.2) is 12.0 Å². The van der Waals surface area contributed by atoms with Gasteiger partial charge in [0.1, 0.15) is 0 Å². The first-order valence-corrected chi connectivity index (χ1v) is 7.31. The molecule has 0 fully saturated rings. The van der Waals surface area contributed by atoms with Gasteiger partial charge in [0.2, 0.25) is 0 Å². The zero-order valence-electron chi connectivity index (χ0n) is 11.0. The molecule has 0 aliphatic carbocycles. The van der Waals surface area contributed by atoms with Crippen molar-refractivity contribution in [3.8, 4) is 0 Å². The fourth-order valence-corrected chi connectivity index (χ4v) is 2.80. The number of thiazole rings is 1. The van der Waals surface area contributed by atoms with Gasteiger partial charge in [0.15, 0.2) is 0 Å². The van der Waals surface area contributed by atoms with Crippen LogP contribution in [-0.2, 0) is 6.42 Å². The SMILES string of the molecule is CNC(CCCc1ccccc1)c1csc(C)n1. The lowest BCUT2D eigenvalue weighted by molar-refractivity contribution is 0.517. The van der Waals surface area contributed by atoms with Crippen LogP contribution in [0.2, 0.25) is 0 Å². The standard InChI is InChI=1S/C15H20N2S/c1-12-17-15(11-18-12)14(16-2)10-6-9-13-7-4-3-5-8-13/h3-5,7-8,11,14,16H,6,9-10H2,1-2H3. The molecule has 1 aromatic carbocycles. The van der Waals surface area contributed by atoms with Crippen LogP contribution in [0, 0.1) is 6.92 Å². The first-order valence-electron chi connectivity index (χ1n) is 6.43. The third-order valence-corrected chi connectivity index (χ3v) is 3.94. The molecule has 2 aromatic rings. The second kappa shape index (κ2) is 6.66. The fraction of sp³-hybridized carbons (Fsp3) is 0.400. The molecule has 2 rings (SSSR count). The summed E-state index contributed by atoms with van der Waals surface area (Å²) in [6.07, 6.45) is 3.46. The van der Waals surface area contributed by atoms with Gasteiger partial charge in [-0.2, -0.15) is 0 Å². The molecule has 1 unspecified atom stereocenters. The van der Waals surface area contributed by atoms with E-state index in [4.69, 9.17) is 0 Å². The van der Waals surface area contributed by atoms with Crippen LogP contribution in [0.15, 0.2) is 35.7 Å². The summed E-state index contributed by atoms with van der Waals surface area (Å²) in [5.41, 5.74) is 2.61. The number of hydrogen-bond donors (Lipinski definition) is 1. The van der Waals surface area contributed by atoms with Crippen molar-refractivity contribution in [3.63, 3.8) is 0 Å². The zero-order valence-corrected chi connectivity index (χ0v) is 11.8. The Morgan fingerprint density at radius 2 is 2.06 bits per heavy atom. The van der Waals surface area contributed by atoms with E-state index in [1.807, 2.05) is 7.05 Å². The Bertz CT molecular complexity index is 464. The number of nitrogens with zero attached hydrogens (tertiary/aromatic N) is 1. The summed E-state index contributed by atoms with van der Waals surface area (Å²) in [4.78, 5) is 4.56. The summed E-state index contributed by atoms with van der Waals surface area (Å²) in [5.74, 6) is 0. The monoisotopic (exact) mass is 260 g/mol. The highest BCUT2D eigenvalue weighted by molar-refractivity contribution is 7.09. The van der Waals surface area contributed by atoms with Crippen LogP contribution in [0.4, 0.5) is 0 Å². The molecular weight excluding hydrogens is 240 g/mol. The van der Waals surface area contributed by atoms with Gasteiger partial charge in [-0.15, -0.1) is 11.3 Å². The maximum Gasteiger partial charge on any atom is 0.0898 e. The molecule has 18 heavy (non-hydrogen) atoms. The highest BCUT2D eigenvalue weighted by atomic mass is 32.1. The van der Waals surface area contributed by atoms with Crippen molar-refractivity contribution >= 4 is 11.3 Å². The number of aromatic nitrogens is 1. The van der Waals surface area contributed by atoms with Crippen molar-refractivity contribution in [2.24, 2.45) is 0 Å². The van der Waals surface area contributed by atoms with Gasteiger partial charge < -0.3 is 5.32 Å². The molecule has 0 saturated carbocycles. The molecule has 1 atom stereocenters. The summed E-state index contributed by atoms with van der Waals surface area (Å²) in [7, 11) is 2.02. The van der Waals surface area contributed by atoms with Crippen LogP contribution in [0.1, 0.15) is 35.1 Å². The molecule has 0 saturated heterocycles. The molecule has 0 bridgehead atoms. The topological polar surface area (TPSA) is 24.9 Å². The normalized spacial score (nSPS) is 12.6. The van der Waals surface area contributed by atoms with Crippen molar-refractivity contribution in [3.05, 3.63) is 52.0 Å². The summed E-state index contributed by atoms with van der Waals surface area (Å²) < 4.78 is 0. The van der Waals surface area contributed by atoms with Crippen LogP contribution in [0.5, 0.6) is 0 Å². The van der Waals surface area contributed by atoms with Crippen molar-refractivity contribution in [1.29, 1.82) is 0 Å². The van der Waals surface area contributed by atoms with E-state index in [1.54, 1.807) is 11.3 Å². The van der Waals surface area contributed by atoms with Crippen molar-refractivity contribution in [2.45, 2.75) is 32.2 Å². The average Bonchev–Trinajstić information content (AvgIpc) is 2.82. The highest BCUT2D eigenvalue weighted by Crippen LogP contribution is 2.21. The van der Waals surface area contributed by atoms with Gasteiger partial charge in [0.05, 0.1) is 16.7 Å². The molecule has 1 aromatic heterocycles. The van der Waals surface area contributed by atoms with Gasteiger partial charge in [-0.1, -0.05) is 30.3 Å². The Kier molecular flexibility index (Phi) is 4.90. The molecule has 0 aliphatic rings. The van der Waals surface area contributed by atoms with Crippen LogP contribution in [0.25, 0.3) is 0 Å². The van der Waals surface area contributed by atoms with E-state index in [0.29, 0.717) is 6.04 Å². The average molecular weight is 260 g/mol. The molecule has 0 spiro atoms. The summed E-state index contributed by atoms with van der Waals surface area (Å²) >= 11 is 1.73. The molecular formula is C15H20N2S. The van der Waals surface area contributed by atoms with Crippen molar-refractivity contribution in [1.82, 2.24) is 10.3 Å². The predicted octanol–water partition coefficient (Wildman–Crippen LogP) is 3.73. The zero-order chi connectivity index (χ0) is 12.8. The largest absolute Gasteiger partial charge is 0.312 e. The Hall–Kier alpha value is -1.19. The van der Waals surface area contributed by atoms with E-state index in [0.717, 1.165) is 17.8 Å². The van der Waals surface area contributed by atoms with E-state index in [9.17, 15) is 0 Å². The Morgan fingerprint density at radius 3 is 2.67 bits per heavy atom. The minimum Gasteiger partial charge on any atom is -0.312 e. The second-order valence-corrected chi connectivity index (χ2v) is 5.57. The third kappa shape index (κ3) is 3.65. The van der Waals surface area contributed by atoms with E-state index < -0.39 is 0 Å². The first kappa shape index (κ1) is 13.2. The number of nitrogens with one attached hydrogen (secondary N) is 1. The number of benzene rings is 1. The number of rotatable bonds is 6. The molecule has 2 nitrogen and oxygen atoms in total. The maximum atomic E-state index is 4.56. The lowest BCUT2D eigenvalue weighted by atomic mass is 10.0. The van der Waals surface area contributed by atoms with Crippen LogP contribution >= 0.6 is 11.3 Å². The number of hydrogen-bond acceptors (Lipinski definition) is 3. The third-order valence-electron chi connectivity index (χ3n) is 3.14. The number of aryl methyl sites for hydroxylation is 2. The Morgan fingerprint density at radius 1 is 1.28 bits per heavy atom. The summed E-state index contributed by atoms with van der Waals surface area (Å²) in [6.45, 7) is 2.06. The Balaban J connectivity index is 1.85. The minimum absolute atomic E-state index is 0.388. The van der Waals surface area contributed by atoms with Gasteiger partial charge in [0.25, 0.3) is 0 Å².